The normalized spacial score (nSPS) is 10.6. The van der Waals surface area contributed by atoms with Crippen molar-refractivity contribution >= 4 is 52.6 Å². The van der Waals surface area contributed by atoms with E-state index in [0.717, 1.165) is 41.9 Å². The van der Waals surface area contributed by atoms with Gasteiger partial charge in [0.05, 0.1) is 6.61 Å². The number of hydrogen-bond donors (Lipinski definition) is 0. The van der Waals surface area contributed by atoms with Crippen LogP contribution < -0.4 is 9.47 Å². The van der Waals surface area contributed by atoms with Gasteiger partial charge in [-0.05, 0) is 61.6 Å². The first-order valence-electron chi connectivity index (χ1n) is 8.49. The van der Waals surface area contributed by atoms with Crippen LogP contribution in [0.2, 0.25) is 0 Å². The Morgan fingerprint density at radius 2 is 1.74 bits per heavy atom. The summed E-state index contributed by atoms with van der Waals surface area (Å²) in [6, 6.07) is 3.92. The number of nitrogens with zero attached hydrogens (tertiary/aromatic N) is 1. The smallest absolute Gasteiger partial charge is 0.138 e. The fourth-order valence-electron chi connectivity index (χ4n) is 2.16. The van der Waals surface area contributed by atoms with E-state index >= 15 is 0 Å². The summed E-state index contributed by atoms with van der Waals surface area (Å²) in [5, 5.41) is 3.81. The van der Waals surface area contributed by atoms with Crippen LogP contribution in [-0.2, 0) is 11.3 Å². The van der Waals surface area contributed by atoms with Crippen molar-refractivity contribution in [3.8, 4) is 11.5 Å². The number of hydrogen-bond acceptors (Lipinski definition) is 4. The van der Waals surface area contributed by atoms with Crippen LogP contribution in [0.3, 0.4) is 0 Å². The molecule has 4 nitrogen and oxygen atoms in total. The summed E-state index contributed by atoms with van der Waals surface area (Å²) in [7, 11) is 0. The molecule has 0 saturated carbocycles. The highest BCUT2D eigenvalue weighted by atomic mass is 35.5. The molecule has 0 saturated heterocycles. The van der Waals surface area contributed by atoms with Gasteiger partial charge in [0.2, 0.25) is 0 Å². The number of halogens is 4. The van der Waals surface area contributed by atoms with Crippen LogP contribution in [0.15, 0.2) is 38.4 Å². The summed E-state index contributed by atoms with van der Waals surface area (Å²) >= 11 is 22.1. The number of benzene rings is 1. The fourth-order valence-corrected chi connectivity index (χ4v) is 2.41. The number of unbranched alkanes of at least 4 members (excludes halogenated alkanes) is 1. The first kappa shape index (κ1) is 24.0. The number of rotatable bonds is 12. The lowest BCUT2D eigenvalue weighted by Crippen LogP contribution is -2.03. The van der Waals surface area contributed by atoms with E-state index in [0.29, 0.717) is 13.2 Å². The number of aryl methyl sites for hydroxylation is 2. The minimum Gasteiger partial charge on any atom is -0.493 e. The van der Waals surface area contributed by atoms with Gasteiger partial charge in [-0.3, -0.25) is 0 Å². The van der Waals surface area contributed by atoms with Crippen LogP contribution in [0.25, 0.3) is 0 Å². The molecule has 150 valence electrons. The van der Waals surface area contributed by atoms with E-state index in [-0.39, 0.29) is 15.6 Å². The third-order valence-corrected chi connectivity index (χ3v) is 4.00. The highest BCUT2D eigenvalue weighted by Gasteiger charge is 2.09. The van der Waals surface area contributed by atoms with E-state index in [4.69, 9.17) is 60.7 Å². The van der Waals surface area contributed by atoms with Gasteiger partial charge in [0.1, 0.15) is 33.7 Å². The molecule has 0 spiro atoms. The molecule has 0 N–H and O–H groups in total. The summed E-state index contributed by atoms with van der Waals surface area (Å²) in [5.74, 6) is 1.66. The molecule has 0 atom stereocenters. The van der Waals surface area contributed by atoms with Gasteiger partial charge in [-0.15, -0.1) is 0 Å². The predicted molar refractivity (Wildman–Crippen MR) is 115 cm³/mol. The second kappa shape index (κ2) is 14.0. The summed E-state index contributed by atoms with van der Waals surface area (Å²) in [4.78, 5) is 4.97. The molecule has 8 heteroatoms. The second-order valence-corrected chi connectivity index (χ2v) is 7.47. The molecule has 0 aliphatic carbocycles. The summed E-state index contributed by atoms with van der Waals surface area (Å²) in [6.07, 6.45) is 7.21. The van der Waals surface area contributed by atoms with E-state index < -0.39 is 0 Å². The topological polar surface area (TPSA) is 40.0 Å². The van der Waals surface area contributed by atoms with Crippen LogP contribution in [0, 0.1) is 6.92 Å². The van der Waals surface area contributed by atoms with Crippen LogP contribution in [0.1, 0.15) is 30.9 Å². The second-order valence-electron chi connectivity index (χ2n) is 5.45. The maximum atomic E-state index is 5.96. The Labute approximate surface area is 180 Å². The van der Waals surface area contributed by atoms with Gasteiger partial charge in [-0.2, -0.15) is 0 Å². The van der Waals surface area contributed by atoms with E-state index in [1.54, 1.807) is 12.3 Å². The van der Waals surface area contributed by atoms with E-state index in [1.807, 2.05) is 19.1 Å². The quantitative estimate of drug-likeness (QED) is 0.199. The van der Waals surface area contributed by atoms with E-state index in [9.17, 15) is 0 Å². The third-order valence-electron chi connectivity index (χ3n) is 3.38. The zero-order valence-electron chi connectivity index (χ0n) is 15.3. The Kier molecular flexibility index (Phi) is 12.4. The van der Waals surface area contributed by atoms with Gasteiger partial charge in [-0.25, -0.2) is 0 Å². The van der Waals surface area contributed by atoms with Gasteiger partial charge in [0, 0.05) is 6.21 Å². The molecule has 0 fully saturated rings. The number of ether oxygens (including phenoxy) is 2. The molecule has 0 amide bonds. The average molecular weight is 455 g/mol. The highest BCUT2D eigenvalue weighted by molar-refractivity contribution is 6.56. The Morgan fingerprint density at radius 1 is 1.04 bits per heavy atom. The molecule has 0 heterocycles. The summed E-state index contributed by atoms with van der Waals surface area (Å²) in [5.41, 5.74) is 2.11. The van der Waals surface area contributed by atoms with Crippen molar-refractivity contribution in [3.63, 3.8) is 0 Å². The first-order chi connectivity index (χ1) is 12.9. The van der Waals surface area contributed by atoms with Crippen molar-refractivity contribution in [2.75, 3.05) is 19.8 Å². The molecule has 0 bridgehead atoms. The maximum Gasteiger partial charge on any atom is 0.138 e. The van der Waals surface area contributed by atoms with Gasteiger partial charge in [-0.1, -0.05) is 58.5 Å². The van der Waals surface area contributed by atoms with Crippen LogP contribution >= 0.6 is 46.4 Å². The molecule has 0 unspecified atom stereocenters. The Morgan fingerprint density at radius 3 is 2.41 bits per heavy atom. The molecular formula is C19H23Cl4NO3. The van der Waals surface area contributed by atoms with Crippen molar-refractivity contribution in [2.24, 2.45) is 5.16 Å². The lowest BCUT2D eigenvalue weighted by molar-refractivity contribution is 0.175. The lowest BCUT2D eigenvalue weighted by atomic mass is 10.1. The monoisotopic (exact) mass is 453 g/mol. The largest absolute Gasteiger partial charge is 0.493 e. The van der Waals surface area contributed by atoms with Crippen LogP contribution in [0.5, 0.6) is 11.5 Å². The molecule has 1 rings (SSSR count). The molecule has 0 aliphatic heterocycles. The Bertz CT molecular complexity index is 667. The van der Waals surface area contributed by atoms with E-state index in [2.05, 4.69) is 12.1 Å². The van der Waals surface area contributed by atoms with Crippen LogP contribution in [0.4, 0.5) is 0 Å². The minimum atomic E-state index is 0.163. The lowest BCUT2D eigenvalue weighted by Gasteiger charge is -2.15. The molecular weight excluding hydrogens is 432 g/mol. The zero-order chi connectivity index (χ0) is 20.1. The summed E-state index contributed by atoms with van der Waals surface area (Å²) < 4.78 is 12.0. The Balaban J connectivity index is 2.46. The molecule has 0 aromatic heterocycles. The molecule has 1 aromatic rings. The van der Waals surface area contributed by atoms with Gasteiger partial charge < -0.3 is 14.3 Å². The Hall–Kier alpha value is -1.07. The predicted octanol–water partition coefficient (Wildman–Crippen LogP) is 6.74. The van der Waals surface area contributed by atoms with Crippen LogP contribution in [-0.4, -0.2) is 26.0 Å². The molecule has 1 aromatic carbocycles. The number of oxime groups is 1. The summed E-state index contributed by atoms with van der Waals surface area (Å²) in [6.45, 7) is 5.22. The fraction of sp³-hybridized carbons (Fsp3) is 0.421. The third kappa shape index (κ3) is 10.7. The van der Waals surface area contributed by atoms with Gasteiger partial charge in [0.25, 0.3) is 0 Å². The first-order valence-corrected chi connectivity index (χ1v) is 10.0. The van der Waals surface area contributed by atoms with Crippen molar-refractivity contribution in [2.45, 2.75) is 33.1 Å². The molecule has 27 heavy (non-hydrogen) atoms. The molecule has 0 aliphatic rings. The minimum absolute atomic E-state index is 0.163. The maximum absolute atomic E-state index is 5.96. The highest BCUT2D eigenvalue weighted by Crippen LogP contribution is 2.30. The van der Waals surface area contributed by atoms with Crippen molar-refractivity contribution in [1.29, 1.82) is 0 Å². The standard InChI is InChI=1S/C19H23Cl4NO3/c1-3-15-13-16(25-10-6-17(20)21)12-14(2)19(15)26-9-5-4-8-24-27-11-7-18(22)23/h6-8,12-13H,3-5,9-11H2,1-2H3/b24-8+. The van der Waals surface area contributed by atoms with E-state index in [1.165, 1.54) is 6.08 Å². The average Bonchev–Trinajstić information content (AvgIpc) is 2.60. The SMILES string of the molecule is CCc1cc(OCC=C(Cl)Cl)cc(C)c1OCCC/C=N/OCC=C(Cl)Cl. The molecule has 0 radical (unpaired) electrons. The van der Waals surface area contributed by atoms with Crippen molar-refractivity contribution in [1.82, 2.24) is 0 Å². The zero-order valence-corrected chi connectivity index (χ0v) is 18.3. The van der Waals surface area contributed by atoms with Crippen molar-refractivity contribution in [3.05, 3.63) is 44.4 Å². The van der Waals surface area contributed by atoms with Gasteiger partial charge >= 0.3 is 0 Å². The van der Waals surface area contributed by atoms with Gasteiger partial charge in [0.15, 0.2) is 0 Å². The van der Waals surface area contributed by atoms with Crippen molar-refractivity contribution < 1.29 is 14.3 Å².